The van der Waals surface area contributed by atoms with Crippen LogP contribution in [-0.4, -0.2) is 30.2 Å². The molecule has 94 valence electrons. The number of nitrogens with two attached hydrogens (primary N) is 3. The third kappa shape index (κ3) is 5.34. The van der Waals surface area contributed by atoms with Crippen molar-refractivity contribution in [1.82, 2.24) is 0 Å². The molecule has 0 aromatic rings. The molecule has 0 heterocycles. The number of Topliss-reactive ketones (excluding diaryl/α,β-unsaturated/α-hetero) is 2. The van der Waals surface area contributed by atoms with Crippen LogP contribution < -0.4 is 17.2 Å². The molecule has 0 saturated heterocycles. The van der Waals surface area contributed by atoms with Crippen LogP contribution in [0.1, 0.15) is 39.0 Å². The van der Waals surface area contributed by atoms with E-state index < -0.39 is 23.7 Å². The van der Waals surface area contributed by atoms with Gasteiger partial charge in [0.1, 0.15) is 0 Å². The average molecular weight is 229 g/mol. The van der Waals surface area contributed by atoms with Crippen molar-refractivity contribution in [3.05, 3.63) is 0 Å². The summed E-state index contributed by atoms with van der Waals surface area (Å²) in [6, 6.07) is -1.42. The molecule has 2 atom stereocenters. The Morgan fingerprint density at radius 2 is 1.50 bits per heavy atom. The van der Waals surface area contributed by atoms with Crippen LogP contribution in [0, 0.1) is 0 Å². The van der Waals surface area contributed by atoms with Crippen LogP contribution in [-0.2, 0) is 9.59 Å². The lowest BCUT2D eigenvalue weighted by Crippen LogP contribution is -2.44. The molecule has 0 aliphatic rings. The summed E-state index contributed by atoms with van der Waals surface area (Å²) in [5.41, 5.74) is 16.5. The summed E-state index contributed by atoms with van der Waals surface area (Å²) in [5, 5.41) is 0. The van der Waals surface area contributed by atoms with Crippen LogP contribution in [0.15, 0.2) is 0 Å². The van der Waals surface area contributed by atoms with Gasteiger partial charge in [0.25, 0.3) is 0 Å². The van der Waals surface area contributed by atoms with Gasteiger partial charge in [-0.25, -0.2) is 0 Å². The SMILES string of the molecule is CCC[C@H](N)C(=O)C(=O)[C@@H](N)CCCCN. The molecular weight excluding hydrogens is 206 g/mol. The first-order valence-electron chi connectivity index (χ1n) is 5.83. The molecule has 0 spiro atoms. The van der Waals surface area contributed by atoms with Crippen molar-refractivity contribution in [2.75, 3.05) is 6.54 Å². The second-order valence-corrected chi connectivity index (χ2v) is 4.01. The Labute approximate surface area is 96.7 Å². The average Bonchev–Trinajstić information content (AvgIpc) is 2.27. The molecule has 0 bridgehead atoms. The number of rotatable bonds is 9. The molecule has 0 radical (unpaired) electrons. The van der Waals surface area contributed by atoms with E-state index in [9.17, 15) is 9.59 Å². The zero-order valence-corrected chi connectivity index (χ0v) is 9.95. The molecule has 0 fully saturated rings. The van der Waals surface area contributed by atoms with Crippen molar-refractivity contribution >= 4 is 11.6 Å². The Morgan fingerprint density at radius 3 is 1.94 bits per heavy atom. The molecule has 0 unspecified atom stereocenters. The third-order valence-corrected chi connectivity index (χ3v) is 2.49. The molecule has 0 aliphatic carbocycles. The Hall–Kier alpha value is -0.780. The van der Waals surface area contributed by atoms with E-state index in [0.717, 1.165) is 19.3 Å². The molecule has 0 amide bonds. The quantitative estimate of drug-likeness (QED) is 0.371. The second-order valence-electron chi connectivity index (χ2n) is 4.01. The number of carbonyl (C=O) groups is 2. The fourth-order valence-corrected chi connectivity index (χ4v) is 1.45. The lowest BCUT2D eigenvalue weighted by molar-refractivity contribution is -0.138. The van der Waals surface area contributed by atoms with Crippen molar-refractivity contribution in [3.63, 3.8) is 0 Å². The van der Waals surface area contributed by atoms with Gasteiger partial charge in [0.2, 0.25) is 11.6 Å². The summed E-state index contributed by atoms with van der Waals surface area (Å²) in [6.07, 6.45) is 3.39. The monoisotopic (exact) mass is 229 g/mol. The molecule has 0 aromatic heterocycles. The van der Waals surface area contributed by atoms with E-state index in [4.69, 9.17) is 17.2 Å². The van der Waals surface area contributed by atoms with Gasteiger partial charge in [-0.15, -0.1) is 0 Å². The summed E-state index contributed by atoms with van der Waals surface area (Å²) in [5.74, 6) is -1.08. The molecular formula is C11H23N3O2. The second kappa shape index (κ2) is 8.38. The summed E-state index contributed by atoms with van der Waals surface area (Å²) in [4.78, 5) is 23.1. The topological polar surface area (TPSA) is 112 Å². The van der Waals surface area contributed by atoms with Gasteiger partial charge in [-0.05, 0) is 25.8 Å². The van der Waals surface area contributed by atoms with E-state index in [-0.39, 0.29) is 0 Å². The number of hydrogen-bond donors (Lipinski definition) is 3. The van der Waals surface area contributed by atoms with Crippen LogP contribution in [0.2, 0.25) is 0 Å². The normalized spacial score (nSPS) is 14.5. The zero-order chi connectivity index (χ0) is 12.6. The zero-order valence-electron chi connectivity index (χ0n) is 9.95. The molecule has 0 rings (SSSR count). The lowest BCUT2D eigenvalue weighted by atomic mass is 9.97. The summed E-state index contributed by atoms with van der Waals surface area (Å²) < 4.78 is 0. The highest BCUT2D eigenvalue weighted by atomic mass is 16.2. The van der Waals surface area contributed by atoms with Crippen LogP contribution in [0.4, 0.5) is 0 Å². The molecule has 5 nitrogen and oxygen atoms in total. The van der Waals surface area contributed by atoms with Crippen LogP contribution in [0.5, 0.6) is 0 Å². The lowest BCUT2D eigenvalue weighted by Gasteiger charge is -2.12. The van der Waals surface area contributed by atoms with Crippen molar-refractivity contribution in [1.29, 1.82) is 0 Å². The molecule has 0 aromatic carbocycles. The number of carbonyl (C=O) groups excluding carboxylic acids is 2. The van der Waals surface area contributed by atoms with Crippen molar-refractivity contribution < 1.29 is 9.59 Å². The van der Waals surface area contributed by atoms with E-state index in [1.165, 1.54) is 0 Å². The van der Waals surface area contributed by atoms with Crippen LogP contribution in [0.3, 0.4) is 0 Å². The first kappa shape index (κ1) is 15.2. The van der Waals surface area contributed by atoms with Gasteiger partial charge in [0.05, 0.1) is 12.1 Å². The standard InChI is InChI=1S/C11H23N3O2/c1-2-5-8(13)10(15)11(16)9(14)6-3-4-7-12/h8-9H,2-7,12-14H2,1H3/t8-,9-/m0/s1. The minimum atomic E-state index is -0.720. The first-order valence-corrected chi connectivity index (χ1v) is 5.83. The van der Waals surface area contributed by atoms with Crippen LogP contribution >= 0.6 is 0 Å². The minimum absolute atomic E-state index is 0.501. The van der Waals surface area contributed by atoms with Gasteiger partial charge in [-0.3, -0.25) is 9.59 Å². The van der Waals surface area contributed by atoms with Crippen molar-refractivity contribution in [2.45, 2.75) is 51.1 Å². The van der Waals surface area contributed by atoms with E-state index in [0.29, 0.717) is 19.4 Å². The van der Waals surface area contributed by atoms with Crippen molar-refractivity contribution in [3.8, 4) is 0 Å². The van der Waals surface area contributed by atoms with Gasteiger partial charge < -0.3 is 17.2 Å². The number of hydrogen-bond acceptors (Lipinski definition) is 5. The molecule has 0 aliphatic heterocycles. The predicted octanol–water partition coefficient (Wildman–Crippen LogP) is -0.292. The summed E-state index contributed by atoms with van der Waals surface area (Å²) in [7, 11) is 0. The minimum Gasteiger partial charge on any atom is -0.330 e. The largest absolute Gasteiger partial charge is 0.330 e. The highest BCUT2D eigenvalue weighted by Gasteiger charge is 2.25. The van der Waals surface area contributed by atoms with E-state index in [2.05, 4.69) is 0 Å². The van der Waals surface area contributed by atoms with Crippen molar-refractivity contribution in [2.24, 2.45) is 17.2 Å². The molecule has 0 saturated carbocycles. The number of unbranched alkanes of at least 4 members (excludes halogenated alkanes) is 1. The smallest absolute Gasteiger partial charge is 0.216 e. The first-order chi connectivity index (χ1) is 7.54. The fraction of sp³-hybridized carbons (Fsp3) is 0.818. The van der Waals surface area contributed by atoms with E-state index >= 15 is 0 Å². The van der Waals surface area contributed by atoms with Gasteiger partial charge >= 0.3 is 0 Å². The van der Waals surface area contributed by atoms with Gasteiger partial charge in [-0.2, -0.15) is 0 Å². The number of ketones is 2. The molecule has 6 N–H and O–H groups in total. The highest BCUT2D eigenvalue weighted by molar-refractivity contribution is 6.40. The maximum absolute atomic E-state index is 11.6. The molecule has 16 heavy (non-hydrogen) atoms. The molecule has 5 heteroatoms. The highest BCUT2D eigenvalue weighted by Crippen LogP contribution is 2.03. The van der Waals surface area contributed by atoms with E-state index in [1.807, 2.05) is 6.92 Å². The maximum atomic E-state index is 11.6. The van der Waals surface area contributed by atoms with Gasteiger partial charge in [0.15, 0.2) is 0 Å². The Morgan fingerprint density at radius 1 is 1.00 bits per heavy atom. The third-order valence-electron chi connectivity index (χ3n) is 2.49. The maximum Gasteiger partial charge on any atom is 0.216 e. The Kier molecular flexibility index (Phi) is 7.97. The fourth-order valence-electron chi connectivity index (χ4n) is 1.45. The van der Waals surface area contributed by atoms with Gasteiger partial charge in [0, 0.05) is 0 Å². The predicted molar refractivity (Wildman–Crippen MR) is 63.8 cm³/mol. The summed E-state index contributed by atoms with van der Waals surface area (Å²) >= 11 is 0. The van der Waals surface area contributed by atoms with Crippen LogP contribution in [0.25, 0.3) is 0 Å². The van der Waals surface area contributed by atoms with E-state index in [1.54, 1.807) is 0 Å². The Balaban J connectivity index is 4.06. The summed E-state index contributed by atoms with van der Waals surface area (Å²) in [6.45, 7) is 2.49. The van der Waals surface area contributed by atoms with Gasteiger partial charge in [-0.1, -0.05) is 19.8 Å². The Bertz CT molecular complexity index is 231.